The Kier molecular flexibility index (Phi) is 3.72. The van der Waals surface area contributed by atoms with Crippen LogP contribution in [0.3, 0.4) is 0 Å². The van der Waals surface area contributed by atoms with Crippen molar-refractivity contribution in [2.45, 2.75) is 13.1 Å². The number of nitrogens with two attached hydrogens (primary N) is 1. The minimum atomic E-state index is -0.391. The first-order valence-corrected chi connectivity index (χ1v) is 6.67. The van der Waals surface area contributed by atoms with E-state index in [-0.39, 0.29) is 13.1 Å². The molecule has 3 rings (SSSR count). The highest BCUT2D eigenvalue weighted by Gasteiger charge is 2.18. The second-order valence-corrected chi connectivity index (χ2v) is 4.83. The number of furan rings is 1. The summed E-state index contributed by atoms with van der Waals surface area (Å²) in [5.41, 5.74) is 7.22. The van der Waals surface area contributed by atoms with Crippen LogP contribution in [-0.4, -0.2) is 15.0 Å². The molecule has 0 fully saturated rings. The molecular formula is C14H12ClFN4O. The summed E-state index contributed by atoms with van der Waals surface area (Å²) < 4.78 is 20.8. The van der Waals surface area contributed by atoms with Crippen molar-refractivity contribution in [3.63, 3.8) is 0 Å². The van der Waals surface area contributed by atoms with Gasteiger partial charge in [-0.3, -0.25) is 0 Å². The quantitative estimate of drug-likeness (QED) is 0.804. The topological polar surface area (TPSA) is 69.9 Å². The molecule has 0 spiro atoms. The van der Waals surface area contributed by atoms with Crippen LogP contribution in [-0.2, 0) is 13.1 Å². The van der Waals surface area contributed by atoms with E-state index in [4.69, 9.17) is 21.8 Å². The Balaban J connectivity index is 2.06. The number of rotatable bonds is 4. The molecule has 0 aliphatic carbocycles. The lowest BCUT2D eigenvalue weighted by molar-refractivity contribution is 0.555. The number of halogens is 2. The first kappa shape index (κ1) is 13.8. The number of benzene rings is 1. The molecule has 0 unspecified atom stereocenters. The second kappa shape index (κ2) is 5.67. The molecule has 0 saturated carbocycles. The van der Waals surface area contributed by atoms with Gasteiger partial charge >= 0.3 is 0 Å². The zero-order valence-corrected chi connectivity index (χ0v) is 11.7. The summed E-state index contributed by atoms with van der Waals surface area (Å²) in [6.07, 6.45) is 1.54. The molecule has 0 aliphatic heterocycles. The van der Waals surface area contributed by atoms with Crippen LogP contribution in [0, 0.1) is 5.82 Å². The molecule has 7 heteroatoms. The standard InChI is InChI=1S/C14H12ClFN4O/c15-10-3-1-4-11(16)9(10)8-20-14(12(7-17)18-19-20)13-5-2-6-21-13/h1-6H,7-8,17H2. The van der Waals surface area contributed by atoms with Crippen molar-refractivity contribution in [1.29, 1.82) is 0 Å². The fourth-order valence-electron chi connectivity index (χ4n) is 2.11. The molecule has 5 nitrogen and oxygen atoms in total. The van der Waals surface area contributed by atoms with E-state index >= 15 is 0 Å². The summed E-state index contributed by atoms with van der Waals surface area (Å²) >= 11 is 6.05. The highest BCUT2D eigenvalue weighted by Crippen LogP contribution is 2.26. The van der Waals surface area contributed by atoms with Crippen LogP contribution >= 0.6 is 11.6 Å². The Bertz CT molecular complexity index is 734. The summed E-state index contributed by atoms with van der Waals surface area (Å²) in [6.45, 7) is 0.357. The average Bonchev–Trinajstić information content (AvgIpc) is 3.11. The fourth-order valence-corrected chi connectivity index (χ4v) is 2.34. The van der Waals surface area contributed by atoms with Gasteiger partial charge in [0.25, 0.3) is 0 Å². The van der Waals surface area contributed by atoms with Gasteiger partial charge in [0.15, 0.2) is 5.76 Å². The van der Waals surface area contributed by atoms with Gasteiger partial charge in [0.05, 0.1) is 12.8 Å². The average molecular weight is 307 g/mol. The van der Waals surface area contributed by atoms with Crippen LogP contribution in [0.1, 0.15) is 11.3 Å². The third kappa shape index (κ3) is 2.55. The maximum Gasteiger partial charge on any atom is 0.153 e. The third-order valence-electron chi connectivity index (χ3n) is 3.12. The van der Waals surface area contributed by atoms with Crippen molar-refractivity contribution in [3.05, 3.63) is 58.7 Å². The Morgan fingerprint density at radius 1 is 1.29 bits per heavy atom. The number of aromatic nitrogens is 3. The van der Waals surface area contributed by atoms with Crippen molar-refractivity contribution in [3.8, 4) is 11.5 Å². The van der Waals surface area contributed by atoms with Crippen molar-refractivity contribution in [1.82, 2.24) is 15.0 Å². The van der Waals surface area contributed by atoms with Gasteiger partial charge in [-0.1, -0.05) is 22.9 Å². The van der Waals surface area contributed by atoms with Gasteiger partial charge in [-0.15, -0.1) is 5.10 Å². The summed E-state index contributed by atoms with van der Waals surface area (Å²) in [5.74, 6) is 0.186. The van der Waals surface area contributed by atoms with Crippen LogP contribution in [0.25, 0.3) is 11.5 Å². The summed E-state index contributed by atoms with van der Waals surface area (Å²) in [6, 6.07) is 8.07. The van der Waals surface area contributed by atoms with E-state index in [2.05, 4.69) is 10.3 Å². The molecule has 108 valence electrons. The van der Waals surface area contributed by atoms with E-state index in [9.17, 15) is 4.39 Å². The molecule has 0 atom stereocenters. The molecule has 1 aromatic carbocycles. The first-order chi connectivity index (χ1) is 10.2. The largest absolute Gasteiger partial charge is 0.463 e. The zero-order valence-electron chi connectivity index (χ0n) is 11.0. The van der Waals surface area contributed by atoms with Gasteiger partial charge in [-0.2, -0.15) is 0 Å². The molecule has 0 radical (unpaired) electrons. The van der Waals surface area contributed by atoms with Crippen LogP contribution in [0.5, 0.6) is 0 Å². The summed E-state index contributed by atoms with van der Waals surface area (Å²) in [7, 11) is 0. The molecule has 2 aromatic heterocycles. The molecule has 3 aromatic rings. The Hall–Kier alpha value is -2.18. The lowest BCUT2D eigenvalue weighted by atomic mass is 10.2. The predicted octanol–water partition coefficient (Wildman–Crippen LogP) is 2.84. The Morgan fingerprint density at radius 2 is 2.14 bits per heavy atom. The first-order valence-electron chi connectivity index (χ1n) is 6.30. The zero-order chi connectivity index (χ0) is 14.8. The minimum Gasteiger partial charge on any atom is -0.463 e. The smallest absolute Gasteiger partial charge is 0.153 e. The highest BCUT2D eigenvalue weighted by molar-refractivity contribution is 6.31. The van der Waals surface area contributed by atoms with Crippen LogP contribution < -0.4 is 5.73 Å². The molecule has 0 saturated heterocycles. The number of hydrogen-bond donors (Lipinski definition) is 1. The van der Waals surface area contributed by atoms with Crippen molar-refractivity contribution in [2.75, 3.05) is 0 Å². The third-order valence-corrected chi connectivity index (χ3v) is 3.48. The Labute approximate surface area is 125 Å². The van der Waals surface area contributed by atoms with E-state index in [0.29, 0.717) is 27.7 Å². The van der Waals surface area contributed by atoms with Crippen molar-refractivity contribution < 1.29 is 8.81 Å². The molecule has 2 N–H and O–H groups in total. The van der Waals surface area contributed by atoms with Gasteiger partial charge in [0.2, 0.25) is 0 Å². The molecule has 0 amide bonds. The van der Waals surface area contributed by atoms with Crippen LogP contribution in [0.2, 0.25) is 5.02 Å². The highest BCUT2D eigenvalue weighted by atomic mass is 35.5. The van der Waals surface area contributed by atoms with Gasteiger partial charge in [0, 0.05) is 17.1 Å². The molecule has 21 heavy (non-hydrogen) atoms. The van der Waals surface area contributed by atoms with E-state index in [0.717, 1.165) is 0 Å². The SMILES string of the molecule is NCc1nnn(Cc2c(F)cccc2Cl)c1-c1ccco1. The second-order valence-electron chi connectivity index (χ2n) is 4.42. The maximum absolute atomic E-state index is 13.9. The van der Waals surface area contributed by atoms with Crippen molar-refractivity contribution >= 4 is 11.6 Å². The van der Waals surface area contributed by atoms with Crippen LogP contribution in [0.15, 0.2) is 41.0 Å². The molecule has 0 bridgehead atoms. The van der Waals surface area contributed by atoms with E-state index in [1.165, 1.54) is 10.7 Å². The van der Waals surface area contributed by atoms with Crippen molar-refractivity contribution in [2.24, 2.45) is 5.73 Å². The predicted molar refractivity (Wildman–Crippen MR) is 76.1 cm³/mol. The summed E-state index contributed by atoms with van der Waals surface area (Å²) in [5, 5.41) is 8.37. The lowest BCUT2D eigenvalue weighted by Crippen LogP contribution is -2.07. The maximum atomic E-state index is 13.9. The van der Waals surface area contributed by atoms with E-state index < -0.39 is 5.82 Å². The number of hydrogen-bond acceptors (Lipinski definition) is 4. The lowest BCUT2D eigenvalue weighted by Gasteiger charge is -2.08. The summed E-state index contributed by atoms with van der Waals surface area (Å²) in [4.78, 5) is 0. The van der Waals surface area contributed by atoms with Gasteiger partial charge in [-0.25, -0.2) is 9.07 Å². The molecule has 2 heterocycles. The number of nitrogens with zero attached hydrogens (tertiary/aromatic N) is 3. The normalized spacial score (nSPS) is 11.0. The van der Waals surface area contributed by atoms with Gasteiger partial charge in [0.1, 0.15) is 17.2 Å². The minimum absolute atomic E-state index is 0.147. The molecular weight excluding hydrogens is 295 g/mol. The monoisotopic (exact) mass is 306 g/mol. The molecule has 0 aliphatic rings. The van der Waals surface area contributed by atoms with Gasteiger partial charge < -0.3 is 10.2 Å². The van der Waals surface area contributed by atoms with Gasteiger partial charge in [-0.05, 0) is 24.3 Å². The fraction of sp³-hybridized carbons (Fsp3) is 0.143. The Morgan fingerprint density at radius 3 is 2.81 bits per heavy atom. The van der Waals surface area contributed by atoms with Crippen LogP contribution in [0.4, 0.5) is 4.39 Å². The van der Waals surface area contributed by atoms with E-state index in [1.807, 2.05) is 0 Å². The van der Waals surface area contributed by atoms with E-state index in [1.54, 1.807) is 30.5 Å².